The molecule has 2 aromatic rings. The van der Waals surface area contributed by atoms with Crippen molar-refractivity contribution in [1.82, 2.24) is 0 Å². The second-order valence-corrected chi connectivity index (χ2v) is 14.7. The number of sulfone groups is 2. The quantitative estimate of drug-likeness (QED) is 0.268. The van der Waals surface area contributed by atoms with Crippen LogP contribution in [0.5, 0.6) is 28.7 Å². The molecule has 10 nitrogen and oxygen atoms in total. The fraction of sp³-hybridized carbons (Fsp3) is 0.586. The van der Waals surface area contributed by atoms with Gasteiger partial charge in [0.05, 0.1) is 51.1 Å². The van der Waals surface area contributed by atoms with Crippen LogP contribution in [0.15, 0.2) is 29.2 Å². The summed E-state index contributed by atoms with van der Waals surface area (Å²) in [6.07, 6.45) is 2.73. The van der Waals surface area contributed by atoms with Gasteiger partial charge in [0, 0.05) is 6.26 Å². The third-order valence-electron chi connectivity index (χ3n) is 6.96. The average molecular weight is 615 g/mol. The largest absolute Gasteiger partial charge is 0.493 e. The molecule has 0 amide bonds. The van der Waals surface area contributed by atoms with Gasteiger partial charge >= 0.3 is 0 Å². The molecule has 12 heteroatoms. The predicted octanol–water partition coefficient (Wildman–Crippen LogP) is 5.09. The van der Waals surface area contributed by atoms with Gasteiger partial charge in [-0.25, -0.2) is 16.8 Å². The van der Waals surface area contributed by atoms with Crippen molar-refractivity contribution in [3.05, 3.63) is 35.4 Å². The highest BCUT2D eigenvalue weighted by Gasteiger charge is 2.33. The van der Waals surface area contributed by atoms with Gasteiger partial charge in [-0.15, -0.1) is 0 Å². The van der Waals surface area contributed by atoms with Crippen LogP contribution in [0.2, 0.25) is 0 Å². The van der Waals surface area contributed by atoms with Crippen molar-refractivity contribution in [2.24, 2.45) is 0 Å². The van der Waals surface area contributed by atoms with Crippen molar-refractivity contribution in [1.29, 1.82) is 0 Å². The van der Waals surface area contributed by atoms with Gasteiger partial charge in [-0.1, -0.05) is 13.8 Å². The zero-order chi connectivity index (χ0) is 30.4. The van der Waals surface area contributed by atoms with Crippen molar-refractivity contribution in [3.63, 3.8) is 0 Å². The van der Waals surface area contributed by atoms with E-state index < -0.39 is 31.0 Å². The second kappa shape index (κ2) is 14.0. The first-order valence-corrected chi connectivity index (χ1v) is 17.3. The van der Waals surface area contributed by atoms with E-state index in [-0.39, 0.29) is 41.5 Å². The Morgan fingerprint density at radius 2 is 1.37 bits per heavy atom. The Hall–Kier alpha value is -2.70. The molecule has 0 aromatic heterocycles. The number of benzene rings is 2. The summed E-state index contributed by atoms with van der Waals surface area (Å²) in [4.78, 5) is 0.0205. The van der Waals surface area contributed by atoms with Crippen LogP contribution in [0.1, 0.15) is 69.8 Å². The minimum Gasteiger partial charge on any atom is -0.493 e. The summed E-state index contributed by atoms with van der Waals surface area (Å²) in [6.45, 7) is 5.37. The molecule has 230 valence electrons. The highest BCUT2D eigenvalue weighted by molar-refractivity contribution is 7.91. The Bertz CT molecular complexity index is 1380. The van der Waals surface area contributed by atoms with Gasteiger partial charge in [-0.05, 0) is 68.0 Å². The van der Waals surface area contributed by atoms with Crippen LogP contribution in [-0.4, -0.2) is 68.6 Å². The molecule has 1 saturated heterocycles. The maximum atomic E-state index is 13.4. The molecular weight excluding hydrogens is 572 g/mol. The smallest absolute Gasteiger partial charge is 0.203 e. The zero-order valence-corrected chi connectivity index (χ0v) is 26.5. The van der Waals surface area contributed by atoms with E-state index in [0.717, 1.165) is 11.8 Å². The Morgan fingerprint density at radius 1 is 0.805 bits per heavy atom. The van der Waals surface area contributed by atoms with Crippen molar-refractivity contribution >= 4 is 19.7 Å². The zero-order valence-electron chi connectivity index (χ0n) is 24.9. The van der Waals surface area contributed by atoms with E-state index in [2.05, 4.69) is 0 Å². The van der Waals surface area contributed by atoms with Crippen LogP contribution in [0.3, 0.4) is 0 Å². The molecule has 1 aliphatic heterocycles. The summed E-state index contributed by atoms with van der Waals surface area (Å²) in [5, 5.41) is -0.798. The van der Waals surface area contributed by atoms with Crippen LogP contribution in [-0.2, 0) is 24.4 Å². The third-order valence-corrected chi connectivity index (χ3v) is 10.5. The minimum atomic E-state index is -3.73. The van der Waals surface area contributed by atoms with Gasteiger partial charge in [-0.3, -0.25) is 0 Å². The molecule has 0 radical (unpaired) electrons. The molecule has 3 rings (SSSR count). The van der Waals surface area contributed by atoms with Gasteiger partial charge < -0.3 is 28.4 Å². The van der Waals surface area contributed by atoms with Crippen LogP contribution < -0.4 is 23.7 Å². The molecule has 1 aliphatic rings. The number of hydrogen-bond donors (Lipinski definition) is 0. The van der Waals surface area contributed by atoms with Crippen LogP contribution in [0.25, 0.3) is 0 Å². The lowest BCUT2D eigenvalue weighted by Gasteiger charge is -2.22. The number of hydrogen-bond acceptors (Lipinski definition) is 10. The first-order chi connectivity index (χ1) is 19.4. The number of ether oxygens (including phenoxy) is 6. The SMILES string of the molecule is CCCOc1c(OCC(C)S(C)(=O)=O)cc([C@H]2CC[C@H](c3cc(OC)c(OC)c(OC)c3)O2)cc1S(=O)(=O)CCC. The molecule has 41 heavy (non-hydrogen) atoms. The summed E-state index contributed by atoms with van der Waals surface area (Å²) < 4.78 is 85.7. The van der Waals surface area contributed by atoms with Crippen molar-refractivity contribution < 1.29 is 45.3 Å². The molecule has 1 heterocycles. The highest BCUT2D eigenvalue weighted by atomic mass is 32.2. The van der Waals surface area contributed by atoms with E-state index in [1.807, 2.05) is 19.1 Å². The molecule has 3 atom stereocenters. The summed E-state index contributed by atoms with van der Waals surface area (Å²) in [6, 6.07) is 6.99. The van der Waals surface area contributed by atoms with Gasteiger partial charge in [0.2, 0.25) is 5.75 Å². The van der Waals surface area contributed by atoms with Gasteiger partial charge in [0.25, 0.3) is 0 Å². The molecule has 0 N–H and O–H groups in total. The summed E-state index contributed by atoms with van der Waals surface area (Å²) >= 11 is 0. The van der Waals surface area contributed by atoms with E-state index in [1.54, 1.807) is 40.2 Å². The normalized spacial score (nSPS) is 18.1. The van der Waals surface area contributed by atoms with E-state index >= 15 is 0 Å². The topological polar surface area (TPSA) is 124 Å². The lowest BCUT2D eigenvalue weighted by atomic mass is 10.0. The fourth-order valence-electron chi connectivity index (χ4n) is 4.59. The molecule has 0 saturated carbocycles. The summed E-state index contributed by atoms with van der Waals surface area (Å²) in [5.41, 5.74) is 1.45. The fourth-order valence-corrected chi connectivity index (χ4v) is 6.42. The lowest BCUT2D eigenvalue weighted by molar-refractivity contribution is 0.0435. The minimum absolute atomic E-state index is 0.0205. The first kappa shape index (κ1) is 32.8. The van der Waals surface area contributed by atoms with Gasteiger partial charge in [0.1, 0.15) is 11.5 Å². The van der Waals surface area contributed by atoms with Gasteiger partial charge in [0.15, 0.2) is 42.7 Å². The summed E-state index contributed by atoms with van der Waals surface area (Å²) in [5.74, 6) is 1.71. The monoisotopic (exact) mass is 614 g/mol. The number of rotatable bonds is 15. The predicted molar refractivity (Wildman–Crippen MR) is 156 cm³/mol. The Morgan fingerprint density at radius 3 is 1.85 bits per heavy atom. The van der Waals surface area contributed by atoms with Gasteiger partial charge in [-0.2, -0.15) is 0 Å². The van der Waals surface area contributed by atoms with Crippen LogP contribution in [0.4, 0.5) is 0 Å². The van der Waals surface area contributed by atoms with E-state index in [1.165, 1.54) is 7.11 Å². The Labute approximate surface area is 244 Å². The molecule has 2 aromatic carbocycles. The standard InChI is InChI=1S/C29H42O10S2/c1-8-12-37-29-26(38-18-19(3)40(7,30)31)16-21(17-27(29)41(32,33)13-9-2)23-11-10-22(39-23)20-14-24(34-4)28(36-6)25(15-20)35-5/h14-17,19,22-23H,8-13,18H2,1-7H3/t19?,22-,23-/m1/s1. The van der Waals surface area contributed by atoms with E-state index in [0.29, 0.717) is 48.5 Å². The van der Waals surface area contributed by atoms with E-state index in [4.69, 9.17) is 28.4 Å². The molecule has 1 unspecified atom stereocenters. The highest BCUT2D eigenvalue weighted by Crippen LogP contribution is 2.48. The van der Waals surface area contributed by atoms with Crippen LogP contribution >= 0.6 is 0 Å². The molecular formula is C29H42O10S2. The van der Waals surface area contributed by atoms with Crippen LogP contribution in [0, 0.1) is 0 Å². The maximum Gasteiger partial charge on any atom is 0.203 e. The first-order valence-electron chi connectivity index (χ1n) is 13.7. The van der Waals surface area contributed by atoms with Crippen molar-refractivity contribution in [2.45, 2.75) is 68.8 Å². The van der Waals surface area contributed by atoms with Crippen molar-refractivity contribution in [2.75, 3.05) is 46.6 Å². The number of methoxy groups -OCH3 is 3. The summed E-state index contributed by atoms with van der Waals surface area (Å²) in [7, 11) is -2.47. The van der Waals surface area contributed by atoms with E-state index in [9.17, 15) is 16.8 Å². The molecule has 1 fully saturated rings. The molecule has 0 bridgehead atoms. The molecule has 0 aliphatic carbocycles. The maximum absolute atomic E-state index is 13.4. The second-order valence-electron chi connectivity index (χ2n) is 10.1. The average Bonchev–Trinajstić information content (AvgIpc) is 3.43. The molecule has 0 spiro atoms. The third kappa shape index (κ3) is 7.78. The lowest BCUT2D eigenvalue weighted by Crippen LogP contribution is -2.24. The van der Waals surface area contributed by atoms with Crippen molar-refractivity contribution in [3.8, 4) is 28.7 Å². The Kier molecular flexibility index (Phi) is 11.2. The Balaban J connectivity index is 2.05.